The molecule has 0 saturated carbocycles. The highest BCUT2D eigenvalue weighted by Gasteiger charge is 2.04. The number of rotatable bonds is 4. The SMILES string of the molecule is C[C@H](NCCN)c1ccco1. The Balaban J connectivity index is 2.36. The predicted octanol–water partition coefficient (Wildman–Crippen LogP) is 0.889. The summed E-state index contributed by atoms with van der Waals surface area (Å²) in [5.74, 6) is 0.957. The topological polar surface area (TPSA) is 51.2 Å². The molecule has 0 aliphatic rings. The molecule has 62 valence electrons. The molecule has 0 fully saturated rings. The van der Waals surface area contributed by atoms with Gasteiger partial charge in [0.2, 0.25) is 0 Å². The van der Waals surface area contributed by atoms with E-state index in [0.717, 1.165) is 12.3 Å². The largest absolute Gasteiger partial charge is 0.468 e. The van der Waals surface area contributed by atoms with Crippen LogP contribution in [0.25, 0.3) is 0 Å². The number of nitrogens with one attached hydrogen (secondary N) is 1. The van der Waals surface area contributed by atoms with Crippen LogP contribution in [0.5, 0.6) is 0 Å². The summed E-state index contributed by atoms with van der Waals surface area (Å²) in [5, 5.41) is 3.22. The van der Waals surface area contributed by atoms with Crippen LogP contribution in [-0.2, 0) is 0 Å². The Morgan fingerprint density at radius 3 is 3.09 bits per heavy atom. The van der Waals surface area contributed by atoms with Crippen LogP contribution >= 0.6 is 0 Å². The highest BCUT2D eigenvalue weighted by molar-refractivity contribution is 5.02. The normalized spacial score (nSPS) is 13.3. The lowest BCUT2D eigenvalue weighted by molar-refractivity contribution is 0.434. The second kappa shape index (κ2) is 4.16. The molecule has 1 aromatic heterocycles. The molecule has 3 N–H and O–H groups in total. The third kappa shape index (κ3) is 2.37. The molecule has 0 aliphatic carbocycles. The lowest BCUT2D eigenvalue weighted by Crippen LogP contribution is -2.25. The van der Waals surface area contributed by atoms with Crippen LogP contribution in [0, 0.1) is 0 Å². The van der Waals surface area contributed by atoms with E-state index in [4.69, 9.17) is 10.2 Å². The molecule has 0 unspecified atom stereocenters. The molecule has 0 bridgehead atoms. The zero-order valence-corrected chi connectivity index (χ0v) is 6.71. The maximum atomic E-state index is 5.34. The maximum Gasteiger partial charge on any atom is 0.120 e. The average Bonchev–Trinajstić information content (AvgIpc) is 2.52. The molecule has 0 spiro atoms. The molecule has 0 amide bonds. The molecular weight excluding hydrogens is 140 g/mol. The van der Waals surface area contributed by atoms with E-state index in [9.17, 15) is 0 Å². The van der Waals surface area contributed by atoms with Gasteiger partial charge in [0.15, 0.2) is 0 Å². The molecule has 0 radical (unpaired) electrons. The summed E-state index contributed by atoms with van der Waals surface area (Å²) >= 11 is 0. The smallest absolute Gasteiger partial charge is 0.120 e. The van der Waals surface area contributed by atoms with E-state index < -0.39 is 0 Å². The van der Waals surface area contributed by atoms with Crippen molar-refractivity contribution in [3.8, 4) is 0 Å². The summed E-state index contributed by atoms with van der Waals surface area (Å²) in [6.07, 6.45) is 1.68. The van der Waals surface area contributed by atoms with E-state index in [0.29, 0.717) is 6.54 Å². The molecule has 1 heterocycles. The summed E-state index contributed by atoms with van der Waals surface area (Å²) < 4.78 is 5.19. The Bertz CT molecular complexity index is 184. The molecule has 0 saturated heterocycles. The van der Waals surface area contributed by atoms with E-state index in [1.54, 1.807) is 6.26 Å². The second-order valence-corrected chi connectivity index (χ2v) is 2.48. The van der Waals surface area contributed by atoms with Gasteiger partial charge in [-0.3, -0.25) is 0 Å². The highest BCUT2D eigenvalue weighted by Crippen LogP contribution is 2.10. The fourth-order valence-electron chi connectivity index (χ4n) is 0.938. The van der Waals surface area contributed by atoms with Gasteiger partial charge in [0.25, 0.3) is 0 Å². The summed E-state index contributed by atoms with van der Waals surface area (Å²) in [6, 6.07) is 4.10. The molecule has 0 aromatic carbocycles. The number of hydrogen-bond acceptors (Lipinski definition) is 3. The minimum atomic E-state index is 0.258. The molecule has 1 aromatic rings. The van der Waals surface area contributed by atoms with Gasteiger partial charge in [0.05, 0.1) is 12.3 Å². The zero-order valence-electron chi connectivity index (χ0n) is 6.71. The highest BCUT2D eigenvalue weighted by atomic mass is 16.3. The van der Waals surface area contributed by atoms with Gasteiger partial charge in [-0.2, -0.15) is 0 Å². The second-order valence-electron chi connectivity index (χ2n) is 2.48. The summed E-state index contributed by atoms with van der Waals surface area (Å²) in [7, 11) is 0. The molecule has 3 heteroatoms. The molecule has 1 rings (SSSR count). The van der Waals surface area contributed by atoms with Crippen molar-refractivity contribution in [2.24, 2.45) is 5.73 Å². The monoisotopic (exact) mass is 154 g/mol. The summed E-state index contributed by atoms with van der Waals surface area (Å²) in [6.45, 7) is 3.53. The molecule has 1 atom stereocenters. The number of hydrogen-bond donors (Lipinski definition) is 2. The van der Waals surface area contributed by atoms with Gasteiger partial charge in [0, 0.05) is 13.1 Å². The quantitative estimate of drug-likeness (QED) is 0.677. The standard InChI is InChI=1S/C8H14N2O/c1-7(10-5-4-9)8-3-2-6-11-8/h2-3,6-7,10H,4-5,9H2,1H3/t7-/m0/s1. The fourth-order valence-corrected chi connectivity index (χ4v) is 0.938. The summed E-state index contributed by atoms with van der Waals surface area (Å²) in [4.78, 5) is 0. The third-order valence-corrected chi connectivity index (χ3v) is 1.56. The van der Waals surface area contributed by atoms with Crippen LogP contribution in [0.15, 0.2) is 22.8 Å². The third-order valence-electron chi connectivity index (χ3n) is 1.56. The van der Waals surface area contributed by atoms with Gasteiger partial charge in [-0.25, -0.2) is 0 Å². The lowest BCUT2D eigenvalue weighted by Gasteiger charge is -2.08. The number of nitrogens with two attached hydrogens (primary N) is 1. The first-order valence-electron chi connectivity index (χ1n) is 3.81. The van der Waals surface area contributed by atoms with Crippen molar-refractivity contribution >= 4 is 0 Å². The Morgan fingerprint density at radius 1 is 1.73 bits per heavy atom. The first kappa shape index (κ1) is 8.30. The van der Waals surface area contributed by atoms with Gasteiger partial charge in [-0.05, 0) is 19.1 Å². The van der Waals surface area contributed by atoms with Crippen LogP contribution in [0.2, 0.25) is 0 Å². The van der Waals surface area contributed by atoms with E-state index in [-0.39, 0.29) is 6.04 Å². The fraction of sp³-hybridized carbons (Fsp3) is 0.500. The predicted molar refractivity (Wildman–Crippen MR) is 44.2 cm³/mol. The first-order valence-corrected chi connectivity index (χ1v) is 3.81. The van der Waals surface area contributed by atoms with Gasteiger partial charge < -0.3 is 15.5 Å². The van der Waals surface area contributed by atoms with Crippen LogP contribution in [0.3, 0.4) is 0 Å². The minimum Gasteiger partial charge on any atom is -0.468 e. The number of furan rings is 1. The molecule has 3 nitrogen and oxygen atoms in total. The van der Waals surface area contributed by atoms with Crippen molar-refractivity contribution in [1.29, 1.82) is 0 Å². The van der Waals surface area contributed by atoms with Crippen molar-refractivity contribution in [3.63, 3.8) is 0 Å². The average molecular weight is 154 g/mol. The maximum absolute atomic E-state index is 5.34. The van der Waals surface area contributed by atoms with Gasteiger partial charge in [0.1, 0.15) is 5.76 Å². The van der Waals surface area contributed by atoms with E-state index in [1.807, 2.05) is 12.1 Å². The van der Waals surface area contributed by atoms with Crippen molar-refractivity contribution in [3.05, 3.63) is 24.2 Å². The Kier molecular flexibility index (Phi) is 3.14. The Morgan fingerprint density at radius 2 is 2.55 bits per heavy atom. The molecular formula is C8H14N2O. The Labute approximate surface area is 66.6 Å². The van der Waals surface area contributed by atoms with Gasteiger partial charge >= 0.3 is 0 Å². The van der Waals surface area contributed by atoms with E-state index in [2.05, 4.69) is 12.2 Å². The minimum absolute atomic E-state index is 0.258. The lowest BCUT2D eigenvalue weighted by atomic mass is 10.2. The summed E-state index contributed by atoms with van der Waals surface area (Å²) in [5.41, 5.74) is 5.34. The van der Waals surface area contributed by atoms with E-state index in [1.165, 1.54) is 0 Å². The van der Waals surface area contributed by atoms with Crippen LogP contribution < -0.4 is 11.1 Å². The van der Waals surface area contributed by atoms with Crippen LogP contribution in [0.4, 0.5) is 0 Å². The van der Waals surface area contributed by atoms with Crippen LogP contribution in [0.1, 0.15) is 18.7 Å². The van der Waals surface area contributed by atoms with Crippen molar-refractivity contribution < 1.29 is 4.42 Å². The molecule has 11 heavy (non-hydrogen) atoms. The van der Waals surface area contributed by atoms with Crippen molar-refractivity contribution in [1.82, 2.24) is 5.32 Å². The first-order chi connectivity index (χ1) is 5.34. The van der Waals surface area contributed by atoms with Gasteiger partial charge in [-0.15, -0.1) is 0 Å². The zero-order chi connectivity index (χ0) is 8.10. The van der Waals surface area contributed by atoms with Gasteiger partial charge in [-0.1, -0.05) is 0 Å². The van der Waals surface area contributed by atoms with Crippen molar-refractivity contribution in [2.45, 2.75) is 13.0 Å². The van der Waals surface area contributed by atoms with Crippen molar-refractivity contribution in [2.75, 3.05) is 13.1 Å². The van der Waals surface area contributed by atoms with E-state index >= 15 is 0 Å². The Hall–Kier alpha value is -0.800. The van der Waals surface area contributed by atoms with Crippen LogP contribution in [-0.4, -0.2) is 13.1 Å². The molecule has 0 aliphatic heterocycles.